The zero-order chi connectivity index (χ0) is 10.6. The van der Waals surface area contributed by atoms with Crippen LogP contribution in [-0.2, 0) is 0 Å². The van der Waals surface area contributed by atoms with Crippen molar-refractivity contribution >= 4 is 6.03 Å². The molecule has 0 aromatic rings. The van der Waals surface area contributed by atoms with E-state index in [-0.39, 0.29) is 11.4 Å². The fraction of sp³-hybridized carbons (Fsp3) is 0.909. The van der Waals surface area contributed by atoms with Gasteiger partial charge in [0.1, 0.15) is 0 Å². The van der Waals surface area contributed by atoms with E-state index in [0.29, 0.717) is 0 Å². The Morgan fingerprint density at radius 1 is 1.36 bits per heavy atom. The van der Waals surface area contributed by atoms with Gasteiger partial charge in [-0.2, -0.15) is 0 Å². The molecule has 2 amide bonds. The third-order valence-electron chi connectivity index (χ3n) is 3.07. The summed E-state index contributed by atoms with van der Waals surface area (Å²) < 4.78 is 0. The topological polar surface area (TPSA) is 32.3 Å². The average molecular weight is 198 g/mol. The number of amides is 2. The Morgan fingerprint density at radius 3 is 2.43 bits per heavy atom. The number of urea groups is 1. The number of rotatable bonds is 3. The fourth-order valence-corrected chi connectivity index (χ4v) is 1.47. The minimum atomic E-state index is 0.115. The summed E-state index contributed by atoms with van der Waals surface area (Å²) in [5.41, 5.74) is 0.218. The molecule has 1 aliphatic rings. The number of likely N-dealkylation sites (tertiary alicyclic amines) is 1. The molecule has 1 saturated heterocycles. The molecule has 0 aliphatic carbocycles. The summed E-state index contributed by atoms with van der Waals surface area (Å²) >= 11 is 0. The molecule has 1 heterocycles. The van der Waals surface area contributed by atoms with Crippen LogP contribution in [0.2, 0.25) is 0 Å². The Bertz CT molecular complexity index is 195. The van der Waals surface area contributed by atoms with Gasteiger partial charge in [0.05, 0.1) is 0 Å². The average Bonchev–Trinajstić information content (AvgIpc) is 2.67. The van der Waals surface area contributed by atoms with Gasteiger partial charge in [-0.15, -0.1) is 0 Å². The Morgan fingerprint density at radius 2 is 1.93 bits per heavy atom. The summed E-state index contributed by atoms with van der Waals surface area (Å²) in [6.45, 7) is 9.14. The van der Waals surface area contributed by atoms with Gasteiger partial charge >= 0.3 is 6.03 Å². The minimum absolute atomic E-state index is 0.115. The Balaban J connectivity index is 2.27. The predicted molar refractivity (Wildman–Crippen MR) is 58.3 cm³/mol. The first kappa shape index (κ1) is 11.3. The van der Waals surface area contributed by atoms with Crippen molar-refractivity contribution in [1.82, 2.24) is 10.2 Å². The van der Waals surface area contributed by atoms with Crippen molar-refractivity contribution in [3.63, 3.8) is 0 Å². The van der Waals surface area contributed by atoms with Crippen LogP contribution in [0.15, 0.2) is 0 Å². The van der Waals surface area contributed by atoms with Crippen molar-refractivity contribution in [2.75, 3.05) is 19.6 Å². The van der Waals surface area contributed by atoms with E-state index in [4.69, 9.17) is 0 Å². The molecule has 1 rings (SSSR count). The first-order valence-corrected chi connectivity index (χ1v) is 5.58. The zero-order valence-corrected chi connectivity index (χ0v) is 9.60. The molecule has 0 aromatic heterocycles. The maximum atomic E-state index is 11.6. The number of carbonyl (C=O) groups excluding carboxylic acids is 1. The summed E-state index contributed by atoms with van der Waals surface area (Å²) in [5, 5.41) is 3.00. The largest absolute Gasteiger partial charge is 0.337 e. The van der Waals surface area contributed by atoms with Gasteiger partial charge in [0.15, 0.2) is 0 Å². The summed E-state index contributed by atoms with van der Waals surface area (Å²) in [4.78, 5) is 13.5. The number of hydrogen-bond donors (Lipinski definition) is 1. The number of hydrogen-bond acceptors (Lipinski definition) is 1. The molecule has 0 unspecified atom stereocenters. The highest BCUT2D eigenvalue weighted by Gasteiger charge is 2.20. The lowest BCUT2D eigenvalue weighted by Crippen LogP contribution is -2.42. The lowest BCUT2D eigenvalue weighted by molar-refractivity contribution is 0.201. The summed E-state index contributed by atoms with van der Waals surface area (Å²) in [5.74, 6) is 0. The van der Waals surface area contributed by atoms with Gasteiger partial charge in [-0.3, -0.25) is 0 Å². The SMILES string of the molecule is CCC(C)(C)CNC(=O)N1CCCC1. The molecule has 0 aromatic carbocycles. The first-order chi connectivity index (χ1) is 6.55. The lowest BCUT2D eigenvalue weighted by atomic mass is 9.90. The monoisotopic (exact) mass is 198 g/mol. The maximum Gasteiger partial charge on any atom is 0.317 e. The summed E-state index contributed by atoms with van der Waals surface area (Å²) in [6.07, 6.45) is 3.41. The van der Waals surface area contributed by atoms with Gasteiger partial charge in [-0.1, -0.05) is 20.8 Å². The highest BCUT2D eigenvalue weighted by atomic mass is 16.2. The van der Waals surface area contributed by atoms with Crippen molar-refractivity contribution < 1.29 is 4.79 Å². The van der Waals surface area contributed by atoms with Crippen LogP contribution in [0.25, 0.3) is 0 Å². The van der Waals surface area contributed by atoms with Crippen LogP contribution in [0.5, 0.6) is 0 Å². The standard InChI is InChI=1S/C11H22N2O/c1-4-11(2,3)9-12-10(14)13-7-5-6-8-13/h4-9H2,1-3H3,(H,12,14). The molecule has 3 nitrogen and oxygen atoms in total. The lowest BCUT2D eigenvalue weighted by Gasteiger charge is -2.25. The van der Waals surface area contributed by atoms with Gasteiger partial charge in [-0.25, -0.2) is 4.79 Å². The quantitative estimate of drug-likeness (QED) is 0.741. The number of nitrogens with one attached hydrogen (secondary N) is 1. The Hall–Kier alpha value is -0.730. The molecule has 14 heavy (non-hydrogen) atoms. The van der Waals surface area contributed by atoms with Crippen LogP contribution in [-0.4, -0.2) is 30.6 Å². The molecule has 0 spiro atoms. The van der Waals surface area contributed by atoms with Crippen molar-refractivity contribution in [3.05, 3.63) is 0 Å². The van der Waals surface area contributed by atoms with E-state index in [9.17, 15) is 4.79 Å². The van der Waals surface area contributed by atoms with E-state index >= 15 is 0 Å². The Kier molecular flexibility index (Phi) is 3.78. The van der Waals surface area contributed by atoms with Crippen molar-refractivity contribution in [1.29, 1.82) is 0 Å². The molecule has 0 saturated carbocycles. The van der Waals surface area contributed by atoms with Gasteiger partial charge in [0, 0.05) is 19.6 Å². The second-order valence-corrected chi connectivity index (χ2v) is 4.87. The van der Waals surface area contributed by atoms with Crippen molar-refractivity contribution in [2.24, 2.45) is 5.41 Å². The molecule has 0 atom stereocenters. The third-order valence-corrected chi connectivity index (χ3v) is 3.07. The van der Waals surface area contributed by atoms with Crippen molar-refractivity contribution in [3.8, 4) is 0 Å². The van der Waals surface area contributed by atoms with E-state index in [1.807, 2.05) is 4.90 Å². The van der Waals surface area contributed by atoms with Gasteiger partial charge < -0.3 is 10.2 Å². The zero-order valence-electron chi connectivity index (χ0n) is 9.60. The molecular weight excluding hydrogens is 176 g/mol. The van der Waals surface area contributed by atoms with Crippen molar-refractivity contribution in [2.45, 2.75) is 40.0 Å². The van der Waals surface area contributed by atoms with Crippen LogP contribution >= 0.6 is 0 Å². The molecule has 82 valence electrons. The van der Waals surface area contributed by atoms with Gasteiger partial charge in [0.25, 0.3) is 0 Å². The van der Waals surface area contributed by atoms with Crippen LogP contribution < -0.4 is 5.32 Å². The summed E-state index contributed by atoms with van der Waals surface area (Å²) in [7, 11) is 0. The molecule has 0 radical (unpaired) electrons. The number of carbonyl (C=O) groups is 1. The van der Waals surface area contributed by atoms with Crippen LogP contribution in [0, 0.1) is 5.41 Å². The van der Waals surface area contributed by atoms with Gasteiger partial charge in [0.2, 0.25) is 0 Å². The van der Waals surface area contributed by atoms with Gasteiger partial charge in [-0.05, 0) is 24.7 Å². The molecule has 0 bridgehead atoms. The molecular formula is C11H22N2O. The van der Waals surface area contributed by atoms with E-state index in [1.165, 1.54) is 0 Å². The first-order valence-electron chi connectivity index (χ1n) is 5.58. The fourth-order valence-electron chi connectivity index (χ4n) is 1.47. The van der Waals surface area contributed by atoms with Crippen LogP contribution in [0.4, 0.5) is 4.79 Å². The van der Waals surface area contributed by atoms with E-state index < -0.39 is 0 Å². The smallest absolute Gasteiger partial charge is 0.317 e. The Labute approximate surface area is 86.9 Å². The summed E-state index contributed by atoms with van der Waals surface area (Å²) in [6, 6.07) is 0.115. The highest BCUT2D eigenvalue weighted by molar-refractivity contribution is 5.74. The third kappa shape index (κ3) is 3.20. The van der Waals surface area contributed by atoms with Crippen LogP contribution in [0.3, 0.4) is 0 Å². The van der Waals surface area contributed by atoms with E-state index in [2.05, 4.69) is 26.1 Å². The highest BCUT2D eigenvalue weighted by Crippen LogP contribution is 2.18. The predicted octanol–water partition coefficient (Wildman–Crippen LogP) is 2.23. The maximum absolute atomic E-state index is 11.6. The molecule has 1 aliphatic heterocycles. The number of nitrogens with zero attached hydrogens (tertiary/aromatic N) is 1. The second kappa shape index (κ2) is 4.67. The molecule has 1 N–H and O–H groups in total. The minimum Gasteiger partial charge on any atom is -0.337 e. The molecule has 1 fully saturated rings. The normalized spacial score (nSPS) is 17.2. The van der Waals surface area contributed by atoms with Crippen LogP contribution in [0.1, 0.15) is 40.0 Å². The second-order valence-electron chi connectivity index (χ2n) is 4.87. The van der Waals surface area contributed by atoms with E-state index in [0.717, 1.165) is 38.9 Å². The molecule has 3 heteroatoms. The van der Waals surface area contributed by atoms with E-state index in [1.54, 1.807) is 0 Å².